The summed E-state index contributed by atoms with van der Waals surface area (Å²) in [5.74, 6) is 0.153. The first kappa shape index (κ1) is 18.0. The van der Waals surface area contributed by atoms with Crippen molar-refractivity contribution in [1.82, 2.24) is 4.90 Å². The first-order chi connectivity index (χ1) is 9.58. The predicted molar refractivity (Wildman–Crippen MR) is 90.0 cm³/mol. The molecule has 1 heterocycles. The van der Waals surface area contributed by atoms with E-state index in [-0.39, 0.29) is 30.4 Å². The van der Waals surface area contributed by atoms with Gasteiger partial charge in [0.25, 0.3) is 0 Å². The van der Waals surface area contributed by atoms with E-state index < -0.39 is 0 Å². The van der Waals surface area contributed by atoms with Crippen LogP contribution in [0.1, 0.15) is 26.7 Å². The van der Waals surface area contributed by atoms with Crippen LogP contribution in [0.5, 0.6) is 0 Å². The number of nitrogens with zero attached hydrogens (tertiary/aromatic N) is 2. The standard InChI is InChI=1S/C16H25N3O.ClH/c1-13(2)19(15-8-4-3-5-9-15)16(20)12-18-10-6-7-14(17)11-18;/h3-5,8-9,13-14H,6-7,10-12,17H2,1-2H3;1H/t14-;/m1./s1. The number of rotatable bonds is 4. The minimum Gasteiger partial charge on any atom is -0.327 e. The second kappa shape index (κ2) is 8.37. The Morgan fingerprint density at radius 2 is 2.05 bits per heavy atom. The number of benzene rings is 1. The highest BCUT2D eigenvalue weighted by molar-refractivity contribution is 5.95. The summed E-state index contributed by atoms with van der Waals surface area (Å²) in [6.45, 7) is 6.35. The van der Waals surface area contributed by atoms with Crippen LogP contribution in [0.15, 0.2) is 30.3 Å². The first-order valence-corrected chi connectivity index (χ1v) is 7.43. The molecular weight excluding hydrogens is 286 g/mol. The van der Waals surface area contributed by atoms with Crippen LogP contribution < -0.4 is 10.6 Å². The van der Waals surface area contributed by atoms with Gasteiger partial charge in [-0.25, -0.2) is 0 Å². The van der Waals surface area contributed by atoms with Crippen molar-refractivity contribution in [3.63, 3.8) is 0 Å². The molecule has 1 aliphatic rings. The highest BCUT2D eigenvalue weighted by Crippen LogP contribution is 2.17. The lowest BCUT2D eigenvalue weighted by molar-refractivity contribution is -0.120. The number of para-hydroxylation sites is 1. The molecule has 0 aromatic heterocycles. The molecule has 118 valence electrons. The minimum atomic E-state index is 0. The maximum atomic E-state index is 12.6. The summed E-state index contributed by atoms with van der Waals surface area (Å²) in [6.07, 6.45) is 2.15. The molecule has 0 radical (unpaired) electrons. The summed E-state index contributed by atoms with van der Waals surface area (Å²) in [5, 5.41) is 0. The van der Waals surface area contributed by atoms with Gasteiger partial charge < -0.3 is 10.6 Å². The molecule has 1 atom stereocenters. The van der Waals surface area contributed by atoms with E-state index in [1.165, 1.54) is 0 Å². The van der Waals surface area contributed by atoms with Crippen molar-refractivity contribution in [2.75, 3.05) is 24.5 Å². The number of carbonyl (C=O) groups excluding carboxylic acids is 1. The van der Waals surface area contributed by atoms with Crippen molar-refractivity contribution < 1.29 is 4.79 Å². The van der Waals surface area contributed by atoms with Crippen LogP contribution >= 0.6 is 12.4 Å². The fraction of sp³-hybridized carbons (Fsp3) is 0.562. The third-order valence-electron chi connectivity index (χ3n) is 3.72. The Balaban J connectivity index is 0.00000220. The van der Waals surface area contributed by atoms with Crippen LogP contribution in [-0.2, 0) is 4.79 Å². The number of anilines is 1. The Hall–Kier alpha value is -1.10. The van der Waals surface area contributed by atoms with Crippen LogP contribution in [0.4, 0.5) is 5.69 Å². The zero-order chi connectivity index (χ0) is 14.5. The van der Waals surface area contributed by atoms with Gasteiger partial charge in [-0.2, -0.15) is 0 Å². The van der Waals surface area contributed by atoms with E-state index in [0.29, 0.717) is 6.54 Å². The van der Waals surface area contributed by atoms with Crippen molar-refractivity contribution in [3.8, 4) is 0 Å². The van der Waals surface area contributed by atoms with Gasteiger partial charge in [0.2, 0.25) is 5.91 Å². The number of nitrogens with two attached hydrogens (primary N) is 1. The molecule has 0 bridgehead atoms. The molecule has 1 aromatic rings. The summed E-state index contributed by atoms with van der Waals surface area (Å²) in [6, 6.07) is 10.2. The van der Waals surface area contributed by atoms with Crippen molar-refractivity contribution in [1.29, 1.82) is 0 Å². The fourth-order valence-electron chi connectivity index (χ4n) is 2.82. The van der Waals surface area contributed by atoms with Crippen molar-refractivity contribution in [3.05, 3.63) is 30.3 Å². The van der Waals surface area contributed by atoms with Crippen molar-refractivity contribution in [2.24, 2.45) is 5.73 Å². The smallest absolute Gasteiger partial charge is 0.241 e. The average molecular weight is 312 g/mol. The molecule has 0 unspecified atom stereocenters. The molecule has 5 heteroatoms. The molecule has 21 heavy (non-hydrogen) atoms. The quantitative estimate of drug-likeness (QED) is 0.928. The molecule has 1 aromatic carbocycles. The van der Waals surface area contributed by atoms with Gasteiger partial charge >= 0.3 is 0 Å². The van der Waals surface area contributed by atoms with Crippen LogP contribution in [0.25, 0.3) is 0 Å². The van der Waals surface area contributed by atoms with Gasteiger partial charge in [-0.3, -0.25) is 9.69 Å². The number of carbonyl (C=O) groups is 1. The van der Waals surface area contributed by atoms with Crippen molar-refractivity contribution >= 4 is 24.0 Å². The lowest BCUT2D eigenvalue weighted by atomic mass is 10.1. The molecule has 1 fully saturated rings. The third kappa shape index (κ3) is 4.99. The number of piperidine rings is 1. The highest BCUT2D eigenvalue weighted by Gasteiger charge is 2.24. The Labute approximate surface area is 133 Å². The molecule has 0 aliphatic carbocycles. The lowest BCUT2D eigenvalue weighted by Crippen LogP contribution is -2.49. The van der Waals surface area contributed by atoms with Gasteiger partial charge in [-0.1, -0.05) is 18.2 Å². The third-order valence-corrected chi connectivity index (χ3v) is 3.72. The zero-order valence-electron chi connectivity index (χ0n) is 12.9. The van der Waals surface area contributed by atoms with E-state index in [1.807, 2.05) is 49.1 Å². The van der Waals surface area contributed by atoms with Crippen molar-refractivity contribution in [2.45, 2.75) is 38.8 Å². The van der Waals surface area contributed by atoms with Crippen LogP contribution in [0, 0.1) is 0 Å². The van der Waals surface area contributed by atoms with E-state index in [9.17, 15) is 4.79 Å². The van der Waals surface area contributed by atoms with E-state index >= 15 is 0 Å². The molecule has 1 aliphatic heterocycles. The SMILES string of the molecule is CC(C)N(C(=O)CN1CCC[C@@H](N)C1)c1ccccc1.Cl. The Morgan fingerprint density at radius 1 is 1.38 bits per heavy atom. The number of hydrogen-bond acceptors (Lipinski definition) is 3. The van der Waals surface area contributed by atoms with Crippen LogP contribution in [0.2, 0.25) is 0 Å². The molecule has 2 rings (SSSR count). The number of halogens is 1. The van der Waals surface area contributed by atoms with Gasteiger partial charge in [-0.05, 0) is 45.4 Å². The molecule has 2 N–H and O–H groups in total. The molecule has 0 spiro atoms. The summed E-state index contributed by atoms with van der Waals surface area (Å²) in [7, 11) is 0. The Kier molecular flexibility index (Phi) is 7.15. The average Bonchev–Trinajstić information content (AvgIpc) is 2.39. The van der Waals surface area contributed by atoms with Crippen LogP contribution in [-0.4, -0.2) is 42.5 Å². The zero-order valence-corrected chi connectivity index (χ0v) is 13.7. The maximum absolute atomic E-state index is 12.6. The molecule has 0 saturated carbocycles. The van der Waals surface area contributed by atoms with Gasteiger partial charge in [0.15, 0.2) is 0 Å². The topological polar surface area (TPSA) is 49.6 Å². The number of amides is 1. The second-order valence-electron chi connectivity index (χ2n) is 5.83. The molecule has 1 amide bonds. The van der Waals surface area contributed by atoms with Gasteiger partial charge in [0, 0.05) is 24.3 Å². The summed E-state index contributed by atoms with van der Waals surface area (Å²) >= 11 is 0. The Morgan fingerprint density at radius 3 is 2.62 bits per heavy atom. The molecule has 1 saturated heterocycles. The highest BCUT2D eigenvalue weighted by atomic mass is 35.5. The van der Waals surface area contributed by atoms with E-state index in [0.717, 1.165) is 31.6 Å². The first-order valence-electron chi connectivity index (χ1n) is 7.43. The summed E-state index contributed by atoms with van der Waals surface area (Å²) < 4.78 is 0. The maximum Gasteiger partial charge on any atom is 0.241 e. The Bertz CT molecular complexity index is 438. The van der Waals surface area contributed by atoms with E-state index in [2.05, 4.69) is 4.90 Å². The van der Waals surface area contributed by atoms with Gasteiger partial charge in [0.05, 0.1) is 6.54 Å². The summed E-state index contributed by atoms with van der Waals surface area (Å²) in [4.78, 5) is 16.7. The molecule has 4 nitrogen and oxygen atoms in total. The normalized spacial score (nSPS) is 19.1. The van der Waals surface area contributed by atoms with Gasteiger partial charge in [-0.15, -0.1) is 12.4 Å². The van der Waals surface area contributed by atoms with E-state index in [1.54, 1.807) is 0 Å². The second-order valence-corrected chi connectivity index (χ2v) is 5.83. The minimum absolute atomic E-state index is 0. The lowest BCUT2D eigenvalue weighted by Gasteiger charge is -2.33. The monoisotopic (exact) mass is 311 g/mol. The van der Waals surface area contributed by atoms with E-state index in [4.69, 9.17) is 5.73 Å². The number of hydrogen-bond donors (Lipinski definition) is 1. The predicted octanol–water partition coefficient (Wildman–Crippen LogP) is 2.27. The van der Waals surface area contributed by atoms with Crippen LogP contribution in [0.3, 0.4) is 0 Å². The number of likely N-dealkylation sites (tertiary alicyclic amines) is 1. The van der Waals surface area contributed by atoms with Gasteiger partial charge in [0.1, 0.15) is 0 Å². The largest absolute Gasteiger partial charge is 0.327 e. The molecular formula is C16H26ClN3O. The fourth-order valence-corrected chi connectivity index (χ4v) is 2.82. The summed E-state index contributed by atoms with van der Waals surface area (Å²) in [5.41, 5.74) is 6.95.